The zero-order valence-electron chi connectivity index (χ0n) is 23.8. The van der Waals surface area contributed by atoms with Crippen molar-refractivity contribution >= 4 is 82.0 Å². The number of fused-ring (bicyclic) bond motifs is 1. The lowest BCUT2D eigenvalue weighted by molar-refractivity contribution is -0.261. The van der Waals surface area contributed by atoms with Crippen LogP contribution < -0.4 is 10.4 Å². The zero-order chi connectivity index (χ0) is 30.0. The molecule has 3 aromatic rings. The summed E-state index contributed by atoms with van der Waals surface area (Å²) in [6, 6.07) is 30.8. The van der Waals surface area contributed by atoms with E-state index in [1.165, 1.54) is 10.4 Å². The molecule has 2 heterocycles. The van der Waals surface area contributed by atoms with Crippen LogP contribution in [-0.2, 0) is 18.6 Å². The highest BCUT2D eigenvalue weighted by Gasteiger charge is 2.51. The summed E-state index contributed by atoms with van der Waals surface area (Å²) in [5.74, 6) is 0.0682. The smallest absolute Gasteiger partial charge is 0.266 e. The molecule has 42 heavy (non-hydrogen) atoms. The van der Waals surface area contributed by atoms with E-state index in [0.717, 1.165) is 12.0 Å². The number of rotatable bonds is 8. The molecule has 5 nitrogen and oxygen atoms in total. The Labute approximate surface area is 278 Å². The molecular formula is C32H35Cl3INO4Si. The third-order valence-corrected chi connectivity index (χ3v) is 14.6. The predicted molar refractivity (Wildman–Crippen MR) is 182 cm³/mol. The first-order valence-corrected chi connectivity index (χ1v) is 18.3. The molecule has 0 unspecified atom stereocenters. The van der Waals surface area contributed by atoms with Crippen LogP contribution in [0.2, 0.25) is 5.04 Å². The van der Waals surface area contributed by atoms with Crippen molar-refractivity contribution in [3.05, 3.63) is 96.6 Å². The Bertz CT molecular complexity index is 1300. The number of alkyl halides is 4. The SMILES string of the molecule is CC(C)(C)[Si](OCC[C@H](I)[C@H]1N=C(C(Cl)(Cl)Cl)O[C@@H]2CO[C@@H](c3ccccc3)O[C@@H]12)(c1ccccc1)c1ccccc1. The van der Waals surface area contributed by atoms with Crippen molar-refractivity contribution in [2.24, 2.45) is 4.99 Å². The largest absolute Gasteiger partial charge is 0.469 e. The maximum atomic E-state index is 7.16. The van der Waals surface area contributed by atoms with E-state index in [-0.39, 0.29) is 27.0 Å². The minimum Gasteiger partial charge on any atom is -0.469 e. The molecule has 0 spiro atoms. The van der Waals surface area contributed by atoms with E-state index in [0.29, 0.717) is 13.2 Å². The molecule has 5 rings (SSSR count). The maximum absolute atomic E-state index is 7.16. The standard InChI is InChI=1S/C32H35Cl3INO4Si/c1-31(2,3)42(23-15-9-5-10-16-23,24-17-11-6-12-18-24)39-20-19-25(36)27-28-26(40-30(37-27)32(33,34)35)21-38-29(41-28)22-13-7-4-8-14-22/h4-18,25-29H,19-21H2,1-3H3/t25-,26+,27+,28+,29+/m0/s1. The summed E-state index contributed by atoms with van der Waals surface area (Å²) >= 11 is 21.2. The highest BCUT2D eigenvalue weighted by atomic mass is 127. The van der Waals surface area contributed by atoms with Crippen LogP contribution in [-0.4, -0.2) is 53.4 Å². The van der Waals surface area contributed by atoms with Crippen molar-refractivity contribution in [1.29, 1.82) is 0 Å². The Hall–Kier alpha value is -1.17. The van der Waals surface area contributed by atoms with Gasteiger partial charge in [0.2, 0.25) is 5.90 Å². The molecule has 10 heteroatoms. The lowest BCUT2D eigenvalue weighted by atomic mass is 9.98. The summed E-state index contributed by atoms with van der Waals surface area (Å²) in [7, 11) is -2.68. The van der Waals surface area contributed by atoms with Crippen LogP contribution in [0.4, 0.5) is 0 Å². The van der Waals surface area contributed by atoms with Crippen LogP contribution in [0.1, 0.15) is 39.0 Å². The first-order chi connectivity index (χ1) is 20.0. The number of nitrogens with zero attached hydrogens (tertiary/aromatic N) is 1. The van der Waals surface area contributed by atoms with Gasteiger partial charge in [-0.15, -0.1) is 0 Å². The Morgan fingerprint density at radius 3 is 1.98 bits per heavy atom. The molecule has 2 aliphatic rings. The van der Waals surface area contributed by atoms with Gasteiger partial charge in [-0.3, -0.25) is 0 Å². The Balaban J connectivity index is 1.41. The summed E-state index contributed by atoms with van der Waals surface area (Å²) in [6.07, 6.45) is -0.640. The van der Waals surface area contributed by atoms with Crippen molar-refractivity contribution in [3.8, 4) is 0 Å². The number of benzene rings is 3. The van der Waals surface area contributed by atoms with Gasteiger partial charge in [0.15, 0.2) is 12.4 Å². The molecule has 0 N–H and O–H groups in total. The molecule has 0 saturated carbocycles. The summed E-state index contributed by atoms with van der Waals surface area (Å²) in [5, 5.41) is 2.37. The van der Waals surface area contributed by atoms with E-state index in [1.807, 2.05) is 30.3 Å². The molecule has 0 amide bonds. The van der Waals surface area contributed by atoms with E-state index < -0.39 is 24.5 Å². The van der Waals surface area contributed by atoms with Gasteiger partial charge in [-0.2, -0.15) is 0 Å². The molecular weight excluding hydrogens is 724 g/mol. The van der Waals surface area contributed by atoms with E-state index in [2.05, 4.69) is 104 Å². The first kappa shape index (κ1) is 32.2. The second-order valence-electron chi connectivity index (χ2n) is 11.6. The van der Waals surface area contributed by atoms with Crippen molar-refractivity contribution in [3.63, 3.8) is 0 Å². The second-order valence-corrected chi connectivity index (χ2v) is 19.8. The molecule has 2 aliphatic heterocycles. The quantitative estimate of drug-likeness (QED) is 0.137. The molecule has 0 bridgehead atoms. The van der Waals surface area contributed by atoms with Gasteiger partial charge < -0.3 is 18.6 Å². The normalized spacial score (nSPS) is 23.8. The maximum Gasteiger partial charge on any atom is 0.266 e. The summed E-state index contributed by atoms with van der Waals surface area (Å²) in [6.45, 7) is 7.66. The molecule has 224 valence electrons. The van der Waals surface area contributed by atoms with Gasteiger partial charge in [-0.1, -0.05) is 169 Å². The van der Waals surface area contributed by atoms with Crippen molar-refractivity contribution in [2.45, 2.75) is 64.5 Å². The molecule has 0 aromatic heterocycles. The molecule has 0 aliphatic carbocycles. The lowest BCUT2D eigenvalue weighted by Crippen LogP contribution is -2.66. The fourth-order valence-electron chi connectivity index (χ4n) is 5.80. The predicted octanol–water partition coefficient (Wildman–Crippen LogP) is 7.41. The molecule has 3 aromatic carbocycles. The third kappa shape index (κ3) is 6.89. The summed E-state index contributed by atoms with van der Waals surface area (Å²) < 4.78 is 23.9. The minimum absolute atomic E-state index is 0.00842. The van der Waals surface area contributed by atoms with Gasteiger partial charge in [-0.25, -0.2) is 4.99 Å². The minimum atomic E-state index is -2.68. The van der Waals surface area contributed by atoms with E-state index >= 15 is 0 Å². The van der Waals surface area contributed by atoms with Crippen LogP contribution in [0.15, 0.2) is 96.0 Å². The number of halogens is 4. The van der Waals surface area contributed by atoms with Crippen LogP contribution in [0, 0.1) is 0 Å². The Kier molecular flexibility index (Phi) is 10.3. The second kappa shape index (κ2) is 13.4. The number of hydrogen-bond donors (Lipinski definition) is 0. The van der Waals surface area contributed by atoms with E-state index in [1.54, 1.807) is 0 Å². The molecule has 1 saturated heterocycles. The molecule has 1 fully saturated rings. The van der Waals surface area contributed by atoms with E-state index in [9.17, 15) is 0 Å². The van der Waals surface area contributed by atoms with Gasteiger partial charge in [0.1, 0.15) is 6.10 Å². The third-order valence-electron chi connectivity index (χ3n) is 7.74. The lowest BCUT2D eigenvalue weighted by Gasteiger charge is -2.45. The topological polar surface area (TPSA) is 49.3 Å². The van der Waals surface area contributed by atoms with Gasteiger partial charge >= 0.3 is 0 Å². The number of ether oxygens (including phenoxy) is 3. The molecule has 5 atom stereocenters. The number of aliphatic imine (C=N–C) groups is 1. The monoisotopic (exact) mass is 757 g/mol. The average molecular weight is 759 g/mol. The zero-order valence-corrected chi connectivity index (χ0v) is 29.2. The van der Waals surface area contributed by atoms with Gasteiger partial charge in [0.25, 0.3) is 12.1 Å². The van der Waals surface area contributed by atoms with Gasteiger partial charge in [-0.05, 0) is 21.8 Å². The number of hydrogen-bond acceptors (Lipinski definition) is 5. The fourth-order valence-corrected chi connectivity index (χ4v) is 11.5. The summed E-state index contributed by atoms with van der Waals surface area (Å²) in [5.41, 5.74) is 0.936. The van der Waals surface area contributed by atoms with Crippen molar-refractivity contribution in [2.75, 3.05) is 13.2 Å². The van der Waals surface area contributed by atoms with Crippen LogP contribution in [0.25, 0.3) is 0 Å². The highest BCUT2D eigenvalue weighted by Crippen LogP contribution is 2.40. The molecule has 0 radical (unpaired) electrons. The first-order valence-electron chi connectivity index (χ1n) is 14.0. The van der Waals surface area contributed by atoms with Crippen LogP contribution in [0.5, 0.6) is 0 Å². The van der Waals surface area contributed by atoms with E-state index in [4.69, 9.17) is 58.4 Å². The average Bonchev–Trinajstić information content (AvgIpc) is 2.98. The Morgan fingerprint density at radius 1 is 0.905 bits per heavy atom. The van der Waals surface area contributed by atoms with Crippen molar-refractivity contribution in [1.82, 2.24) is 0 Å². The van der Waals surface area contributed by atoms with Gasteiger partial charge in [0, 0.05) is 16.1 Å². The van der Waals surface area contributed by atoms with Crippen LogP contribution >= 0.6 is 57.4 Å². The highest BCUT2D eigenvalue weighted by molar-refractivity contribution is 14.1. The fraction of sp³-hybridized carbons (Fsp3) is 0.406. The van der Waals surface area contributed by atoms with Crippen molar-refractivity contribution < 1.29 is 18.6 Å². The van der Waals surface area contributed by atoms with Crippen LogP contribution in [0.3, 0.4) is 0 Å². The summed E-state index contributed by atoms with van der Waals surface area (Å²) in [4.78, 5) is 4.81. The van der Waals surface area contributed by atoms with Gasteiger partial charge in [0.05, 0.1) is 12.6 Å². The Morgan fingerprint density at radius 2 is 1.45 bits per heavy atom.